The number of carboxylic acid groups (broad SMARTS) is 2. The van der Waals surface area contributed by atoms with Crippen LogP contribution in [0.1, 0.15) is 1.43 Å². The first kappa shape index (κ1) is 15.3. The first-order valence-electron chi connectivity index (χ1n) is 2.87. The molecule has 0 saturated carbocycles. The number of rotatable bonds is 4. The SMILES string of the molecule is O=C(O)C(O)C(O)C(O)C(=O)O.[H-].[Na+]. The summed E-state index contributed by atoms with van der Waals surface area (Å²) >= 11 is 0. The average molecular weight is 204 g/mol. The van der Waals surface area contributed by atoms with Crippen LogP contribution < -0.4 is 29.6 Å². The van der Waals surface area contributed by atoms with Gasteiger partial charge in [0.15, 0.2) is 12.2 Å². The number of hydrogen-bond donors (Lipinski definition) is 5. The van der Waals surface area contributed by atoms with E-state index < -0.39 is 30.3 Å². The molecule has 0 aromatic carbocycles. The Morgan fingerprint density at radius 3 is 1.31 bits per heavy atom. The van der Waals surface area contributed by atoms with E-state index in [1.54, 1.807) is 0 Å². The van der Waals surface area contributed by atoms with Crippen molar-refractivity contribution in [1.82, 2.24) is 0 Å². The van der Waals surface area contributed by atoms with E-state index >= 15 is 0 Å². The summed E-state index contributed by atoms with van der Waals surface area (Å²) in [5, 5.41) is 41.9. The number of aliphatic carboxylic acids is 2. The summed E-state index contributed by atoms with van der Waals surface area (Å²) in [7, 11) is 0. The van der Waals surface area contributed by atoms with Crippen molar-refractivity contribution < 1.29 is 66.1 Å². The van der Waals surface area contributed by atoms with Gasteiger partial charge in [0, 0.05) is 0 Å². The van der Waals surface area contributed by atoms with Crippen molar-refractivity contribution in [3.05, 3.63) is 0 Å². The molecule has 0 fully saturated rings. The smallest absolute Gasteiger partial charge is 1.00 e. The number of aliphatic hydroxyl groups excluding tert-OH is 3. The molecule has 0 aliphatic carbocycles. The molecule has 0 aromatic heterocycles. The van der Waals surface area contributed by atoms with Gasteiger partial charge in [0.2, 0.25) is 0 Å². The van der Waals surface area contributed by atoms with Gasteiger partial charge in [-0.1, -0.05) is 0 Å². The minimum Gasteiger partial charge on any atom is -1.00 e. The second-order valence-electron chi connectivity index (χ2n) is 2.06. The number of hydrogen-bond acceptors (Lipinski definition) is 5. The first-order chi connectivity index (χ1) is 5.37. The second-order valence-corrected chi connectivity index (χ2v) is 2.06. The molecule has 7 nitrogen and oxygen atoms in total. The van der Waals surface area contributed by atoms with Crippen LogP contribution in [0.15, 0.2) is 0 Å². The Balaban J connectivity index is -0.000000605. The molecule has 0 bridgehead atoms. The number of carboxylic acids is 2. The van der Waals surface area contributed by atoms with E-state index in [-0.39, 0.29) is 31.0 Å². The molecule has 72 valence electrons. The maximum atomic E-state index is 9.95. The predicted molar refractivity (Wildman–Crippen MR) is 34.4 cm³/mol. The molecule has 5 N–H and O–H groups in total. The molecule has 0 aliphatic rings. The van der Waals surface area contributed by atoms with Crippen molar-refractivity contribution >= 4 is 11.9 Å². The normalized spacial score (nSPS) is 16.5. The fraction of sp³-hybridized carbons (Fsp3) is 0.600. The third kappa shape index (κ3) is 4.55. The van der Waals surface area contributed by atoms with Crippen LogP contribution >= 0.6 is 0 Å². The van der Waals surface area contributed by atoms with Crippen molar-refractivity contribution in [3.63, 3.8) is 0 Å². The summed E-state index contributed by atoms with van der Waals surface area (Å²) in [6.07, 6.45) is -6.85. The van der Waals surface area contributed by atoms with Gasteiger partial charge in [-0.2, -0.15) is 0 Å². The zero-order valence-corrected chi connectivity index (χ0v) is 8.78. The first-order valence-corrected chi connectivity index (χ1v) is 2.87. The van der Waals surface area contributed by atoms with Gasteiger partial charge in [-0.05, 0) is 0 Å². The molecular formula is C5H9NaO7. The molecule has 13 heavy (non-hydrogen) atoms. The van der Waals surface area contributed by atoms with Gasteiger partial charge in [0.05, 0.1) is 0 Å². The Morgan fingerprint density at radius 1 is 0.923 bits per heavy atom. The van der Waals surface area contributed by atoms with Gasteiger partial charge in [0.25, 0.3) is 0 Å². The van der Waals surface area contributed by atoms with Crippen molar-refractivity contribution in [2.45, 2.75) is 18.3 Å². The monoisotopic (exact) mass is 204 g/mol. The molecule has 0 spiro atoms. The Kier molecular flexibility index (Phi) is 7.41. The average Bonchev–Trinajstić information content (AvgIpc) is 2.00. The van der Waals surface area contributed by atoms with Gasteiger partial charge in [-0.3, -0.25) is 0 Å². The maximum Gasteiger partial charge on any atom is 1.00 e. The summed E-state index contributed by atoms with van der Waals surface area (Å²) in [5.74, 6) is -3.61. The third-order valence-electron chi connectivity index (χ3n) is 1.15. The molecule has 0 aliphatic heterocycles. The Bertz CT molecular complexity index is 179. The van der Waals surface area contributed by atoms with E-state index in [1.807, 2.05) is 0 Å². The Morgan fingerprint density at radius 2 is 1.15 bits per heavy atom. The van der Waals surface area contributed by atoms with Gasteiger partial charge >= 0.3 is 41.5 Å². The second kappa shape index (κ2) is 6.30. The van der Waals surface area contributed by atoms with Crippen molar-refractivity contribution in [1.29, 1.82) is 0 Å². The van der Waals surface area contributed by atoms with E-state index in [0.717, 1.165) is 0 Å². The van der Waals surface area contributed by atoms with Crippen LogP contribution in [0.3, 0.4) is 0 Å². The molecule has 0 radical (unpaired) electrons. The van der Waals surface area contributed by atoms with E-state index in [1.165, 1.54) is 0 Å². The zero-order chi connectivity index (χ0) is 9.89. The maximum absolute atomic E-state index is 9.95. The summed E-state index contributed by atoms with van der Waals surface area (Å²) in [4.78, 5) is 19.9. The quantitative estimate of drug-likeness (QED) is 0.288. The largest absolute Gasteiger partial charge is 1.00 e. The van der Waals surface area contributed by atoms with Gasteiger partial charge < -0.3 is 27.0 Å². The van der Waals surface area contributed by atoms with Crippen LogP contribution in [0.4, 0.5) is 0 Å². The van der Waals surface area contributed by atoms with E-state index in [9.17, 15) is 9.59 Å². The summed E-state index contributed by atoms with van der Waals surface area (Å²) in [6, 6.07) is 0. The van der Waals surface area contributed by atoms with Gasteiger partial charge in [-0.15, -0.1) is 0 Å². The van der Waals surface area contributed by atoms with Crippen molar-refractivity contribution in [2.75, 3.05) is 0 Å². The molecule has 2 atom stereocenters. The topological polar surface area (TPSA) is 135 Å². The van der Waals surface area contributed by atoms with E-state index in [2.05, 4.69) is 0 Å². The molecule has 8 heteroatoms. The minimum absolute atomic E-state index is 0. The van der Waals surface area contributed by atoms with Crippen LogP contribution in [0.2, 0.25) is 0 Å². The third-order valence-corrected chi connectivity index (χ3v) is 1.15. The van der Waals surface area contributed by atoms with Crippen LogP contribution in [0.25, 0.3) is 0 Å². The fourth-order valence-electron chi connectivity index (χ4n) is 0.465. The molecule has 2 unspecified atom stereocenters. The van der Waals surface area contributed by atoms with Crippen LogP contribution in [0.5, 0.6) is 0 Å². The Labute approximate surface area is 96.4 Å². The summed E-state index contributed by atoms with van der Waals surface area (Å²) in [6.45, 7) is 0. The molecule has 0 heterocycles. The molecule has 0 aromatic rings. The summed E-state index contributed by atoms with van der Waals surface area (Å²) < 4.78 is 0. The molecule has 0 amide bonds. The summed E-state index contributed by atoms with van der Waals surface area (Å²) in [5.41, 5.74) is 0. The zero-order valence-electron chi connectivity index (χ0n) is 7.78. The molecule has 0 rings (SSSR count). The van der Waals surface area contributed by atoms with E-state index in [4.69, 9.17) is 25.5 Å². The van der Waals surface area contributed by atoms with Gasteiger partial charge in [0.1, 0.15) is 6.10 Å². The molecular weight excluding hydrogens is 195 g/mol. The van der Waals surface area contributed by atoms with Crippen LogP contribution in [0, 0.1) is 0 Å². The van der Waals surface area contributed by atoms with Crippen LogP contribution in [-0.4, -0.2) is 55.8 Å². The minimum atomic E-state index is -2.31. The van der Waals surface area contributed by atoms with Crippen molar-refractivity contribution in [3.8, 4) is 0 Å². The molecule has 0 saturated heterocycles. The van der Waals surface area contributed by atoms with Crippen LogP contribution in [-0.2, 0) is 9.59 Å². The Hall–Kier alpha value is -0.180. The predicted octanol–water partition coefficient (Wildman–Crippen LogP) is -5.65. The van der Waals surface area contributed by atoms with Crippen molar-refractivity contribution in [2.24, 2.45) is 0 Å². The van der Waals surface area contributed by atoms with E-state index in [0.29, 0.717) is 0 Å². The van der Waals surface area contributed by atoms with Gasteiger partial charge in [-0.25, -0.2) is 9.59 Å². The number of carbonyl (C=O) groups is 2. The standard InChI is InChI=1S/C5H8O7.Na.H/c6-1(2(7)4(9)10)3(8)5(11)12;;/h1-3,6-8H,(H,9,10)(H,11,12);;/q;+1;-1. The fourth-order valence-corrected chi connectivity index (χ4v) is 0.465. The number of aliphatic hydroxyl groups is 3.